The van der Waals surface area contributed by atoms with Crippen LogP contribution >= 0.6 is 0 Å². The number of hydrogen-bond acceptors (Lipinski definition) is 1. The molecule has 0 radical (unpaired) electrons. The highest BCUT2D eigenvalue weighted by molar-refractivity contribution is 5.38. The maximum absolute atomic E-state index is 14.8. The fraction of sp³-hybridized carbons (Fsp3) is 0.727. The van der Waals surface area contributed by atoms with Gasteiger partial charge in [-0.3, -0.25) is 0 Å². The van der Waals surface area contributed by atoms with Crippen molar-refractivity contribution in [3.05, 3.63) is 34.4 Å². The van der Waals surface area contributed by atoms with Crippen LogP contribution in [0.2, 0.25) is 0 Å². The van der Waals surface area contributed by atoms with Crippen LogP contribution in [0.4, 0.5) is 8.78 Å². The minimum atomic E-state index is -0.675. The molecule has 1 aliphatic heterocycles. The van der Waals surface area contributed by atoms with Crippen molar-refractivity contribution < 1.29 is 13.5 Å². The second-order valence-electron chi connectivity index (χ2n) is 8.78. The lowest BCUT2D eigenvalue weighted by Crippen LogP contribution is -2.25. The first kappa shape index (κ1) is 17.5. The zero-order chi connectivity index (χ0) is 17.6. The number of epoxide rings is 1. The molecule has 0 amide bonds. The predicted octanol–water partition coefficient (Wildman–Crippen LogP) is 6.44. The number of aryl methyl sites for hydroxylation is 1. The van der Waals surface area contributed by atoms with Gasteiger partial charge in [0, 0.05) is 5.56 Å². The van der Waals surface area contributed by atoms with Gasteiger partial charge in [0.25, 0.3) is 0 Å². The van der Waals surface area contributed by atoms with Crippen molar-refractivity contribution in [2.24, 2.45) is 17.8 Å². The predicted molar refractivity (Wildman–Crippen MR) is 95.6 cm³/mol. The SMILES string of the molecule is Cc1cc(C2CO2)c(F)c(F)c1C1CCC(C2CCC(C)CC2)CC1. The van der Waals surface area contributed by atoms with Crippen LogP contribution in [0.5, 0.6) is 0 Å². The monoisotopic (exact) mass is 348 g/mol. The Morgan fingerprint density at radius 1 is 0.880 bits per heavy atom. The van der Waals surface area contributed by atoms with E-state index in [1.807, 2.05) is 13.0 Å². The van der Waals surface area contributed by atoms with Gasteiger partial charge in [-0.25, -0.2) is 8.78 Å². The van der Waals surface area contributed by atoms with Crippen LogP contribution in [0.15, 0.2) is 6.07 Å². The molecular formula is C22H30F2O. The Morgan fingerprint density at radius 2 is 1.44 bits per heavy atom. The largest absolute Gasteiger partial charge is 0.368 e. The Balaban J connectivity index is 1.45. The Kier molecular flexibility index (Phi) is 4.87. The van der Waals surface area contributed by atoms with Gasteiger partial charge in [-0.15, -0.1) is 0 Å². The molecule has 1 atom stereocenters. The quantitative estimate of drug-likeness (QED) is 0.572. The average Bonchev–Trinajstić information content (AvgIpc) is 3.45. The van der Waals surface area contributed by atoms with E-state index in [0.717, 1.165) is 36.2 Å². The molecule has 3 fully saturated rings. The highest BCUT2D eigenvalue weighted by atomic mass is 19.2. The standard InChI is InChI=1S/C22H30F2O/c1-13-3-5-15(6-4-13)16-7-9-17(10-8-16)20-14(2)11-18(19-12-25-19)21(23)22(20)24/h11,13,15-17,19H,3-10,12H2,1-2H3. The van der Waals surface area contributed by atoms with Crippen molar-refractivity contribution in [1.82, 2.24) is 0 Å². The first-order chi connectivity index (χ1) is 12.0. The lowest BCUT2D eigenvalue weighted by atomic mass is 9.68. The van der Waals surface area contributed by atoms with Gasteiger partial charge in [0.05, 0.1) is 6.61 Å². The molecule has 25 heavy (non-hydrogen) atoms. The fourth-order valence-electron chi connectivity index (χ4n) is 5.39. The number of halogens is 2. The zero-order valence-electron chi connectivity index (χ0n) is 15.5. The molecular weight excluding hydrogens is 318 g/mol. The minimum absolute atomic E-state index is 0.183. The van der Waals surface area contributed by atoms with E-state index in [-0.39, 0.29) is 12.0 Å². The summed E-state index contributed by atoms with van der Waals surface area (Å²) in [5, 5.41) is 0. The van der Waals surface area contributed by atoms with Gasteiger partial charge in [0.1, 0.15) is 6.10 Å². The molecule has 0 N–H and O–H groups in total. The number of ether oxygens (including phenoxy) is 1. The summed E-state index contributed by atoms with van der Waals surface area (Å²) >= 11 is 0. The summed E-state index contributed by atoms with van der Waals surface area (Å²) in [6, 6.07) is 1.82. The lowest BCUT2D eigenvalue weighted by molar-refractivity contribution is 0.164. The number of hydrogen-bond donors (Lipinski definition) is 0. The third kappa shape index (κ3) is 3.49. The highest BCUT2D eigenvalue weighted by Gasteiger charge is 2.35. The van der Waals surface area contributed by atoms with Gasteiger partial charge in [-0.05, 0) is 86.3 Å². The van der Waals surface area contributed by atoms with E-state index >= 15 is 0 Å². The third-order valence-corrected chi connectivity index (χ3v) is 7.07. The van der Waals surface area contributed by atoms with Gasteiger partial charge < -0.3 is 4.74 Å². The molecule has 1 heterocycles. The van der Waals surface area contributed by atoms with Crippen LogP contribution in [0.3, 0.4) is 0 Å². The second-order valence-corrected chi connectivity index (χ2v) is 8.78. The van der Waals surface area contributed by atoms with Crippen LogP contribution in [0, 0.1) is 36.3 Å². The Morgan fingerprint density at radius 3 is 2.00 bits per heavy atom. The van der Waals surface area contributed by atoms with Crippen molar-refractivity contribution >= 4 is 0 Å². The normalized spacial score (nSPS) is 35.6. The molecule has 4 rings (SSSR count). The van der Waals surface area contributed by atoms with Gasteiger partial charge in [0.15, 0.2) is 11.6 Å². The van der Waals surface area contributed by atoms with Crippen molar-refractivity contribution in [2.45, 2.75) is 77.2 Å². The molecule has 3 aliphatic rings. The molecule has 0 bridgehead atoms. The molecule has 2 aliphatic carbocycles. The third-order valence-electron chi connectivity index (χ3n) is 7.07. The van der Waals surface area contributed by atoms with Crippen molar-refractivity contribution in [1.29, 1.82) is 0 Å². The van der Waals surface area contributed by atoms with E-state index in [4.69, 9.17) is 4.74 Å². The first-order valence-electron chi connectivity index (χ1n) is 10.1. The second kappa shape index (κ2) is 6.98. The summed E-state index contributed by atoms with van der Waals surface area (Å²) in [5.41, 5.74) is 1.95. The number of benzene rings is 1. The van der Waals surface area contributed by atoms with Crippen molar-refractivity contribution in [2.75, 3.05) is 6.61 Å². The van der Waals surface area contributed by atoms with E-state index in [9.17, 15) is 8.78 Å². The average molecular weight is 348 g/mol. The van der Waals surface area contributed by atoms with Crippen molar-refractivity contribution in [3.8, 4) is 0 Å². The molecule has 1 aromatic rings. The van der Waals surface area contributed by atoms with Crippen LogP contribution in [0.1, 0.15) is 87.0 Å². The molecule has 3 heteroatoms. The lowest BCUT2D eigenvalue weighted by Gasteiger charge is -2.37. The van der Waals surface area contributed by atoms with E-state index in [0.29, 0.717) is 17.7 Å². The fourth-order valence-corrected chi connectivity index (χ4v) is 5.39. The first-order valence-corrected chi connectivity index (χ1v) is 10.1. The smallest absolute Gasteiger partial charge is 0.165 e. The van der Waals surface area contributed by atoms with Gasteiger partial charge in [-0.2, -0.15) is 0 Å². The van der Waals surface area contributed by atoms with E-state index < -0.39 is 11.6 Å². The summed E-state index contributed by atoms with van der Waals surface area (Å²) in [5.74, 6) is 1.46. The highest BCUT2D eigenvalue weighted by Crippen LogP contribution is 2.46. The van der Waals surface area contributed by atoms with Gasteiger partial charge in [-0.1, -0.05) is 19.8 Å². The summed E-state index contributed by atoms with van der Waals surface area (Å²) in [7, 11) is 0. The maximum Gasteiger partial charge on any atom is 0.165 e. The van der Waals surface area contributed by atoms with Crippen LogP contribution < -0.4 is 0 Å². The van der Waals surface area contributed by atoms with Crippen molar-refractivity contribution in [3.63, 3.8) is 0 Å². The summed E-state index contributed by atoms with van der Waals surface area (Å²) in [6.07, 6.45) is 9.62. The molecule has 1 unspecified atom stereocenters. The number of rotatable bonds is 3. The Bertz CT molecular complexity index is 621. The molecule has 0 aromatic heterocycles. The summed E-state index contributed by atoms with van der Waals surface area (Å²) in [6.45, 7) is 4.81. The summed E-state index contributed by atoms with van der Waals surface area (Å²) < 4.78 is 34.3. The Labute approximate surface area is 150 Å². The van der Waals surface area contributed by atoms with Crippen LogP contribution in [-0.2, 0) is 4.74 Å². The molecule has 1 saturated heterocycles. The van der Waals surface area contributed by atoms with Gasteiger partial charge >= 0.3 is 0 Å². The zero-order valence-corrected chi connectivity index (χ0v) is 15.5. The van der Waals surface area contributed by atoms with E-state index in [2.05, 4.69) is 6.92 Å². The maximum atomic E-state index is 14.8. The van der Waals surface area contributed by atoms with E-state index in [1.54, 1.807) is 0 Å². The molecule has 1 aromatic carbocycles. The van der Waals surface area contributed by atoms with Crippen LogP contribution in [-0.4, -0.2) is 6.61 Å². The molecule has 1 nitrogen and oxygen atoms in total. The minimum Gasteiger partial charge on any atom is -0.368 e. The van der Waals surface area contributed by atoms with Crippen LogP contribution in [0.25, 0.3) is 0 Å². The molecule has 0 spiro atoms. The van der Waals surface area contributed by atoms with E-state index in [1.165, 1.54) is 38.5 Å². The topological polar surface area (TPSA) is 12.5 Å². The van der Waals surface area contributed by atoms with Gasteiger partial charge in [0.2, 0.25) is 0 Å². The Hall–Kier alpha value is -0.960. The molecule has 2 saturated carbocycles. The molecule has 138 valence electrons. The summed E-state index contributed by atoms with van der Waals surface area (Å²) in [4.78, 5) is 0.